The number of rotatable bonds is 8. The highest BCUT2D eigenvalue weighted by Crippen LogP contribution is 2.29. The number of hydrogen-bond donors (Lipinski definition) is 3. The molecule has 2 rings (SSSR count). The van der Waals surface area contributed by atoms with Gasteiger partial charge in [-0.2, -0.15) is 13.2 Å². The highest BCUT2D eigenvalue weighted by molar-refractivity contribution is 5.90. The minimum absolute atomic E-state index is 0.0401. The van der Waals surface area contributed by atoms with Crippen LogP contribution in [0.25, 0.3) is 0 Å². The van der Waals surface area contributed by atoms with Gasteiger partial charge in [-0.25, -0.2) is 9.18 Å². The number of carboxylic acid groups (broad SMARTS) is 1. The molecule has 2 atom stereocenters. The van der Waals surface area contributed by atoms with Gasteiger partial charge in [0.2, 0.25) is 11.8 Å². The van der Waals surface area contributed by atoms with Crippen molar-refractivity contribution in [2.45, 2.75) is 38.0 Å². The maximum atomic E-state index is 13.1. The zero-order valence-corrected chi connectivity index (χ0v) is 16.4. The van der Waals surface area contributed by atoms with Crippen LogP contribution in [0, 0.1) is 5.82 Å². The van der Waals surface area contributed by atoms with Gasteiger partial charge in [-0.15, -0.1) is 0 Å². The summed E-state index contributed by atoms with van der Waals surface area (Å²) in [6, 6.07) is 6.61. The molecule has 6 nitrogen and oxygen atoms in total. The van der Waals surface area contributed by atoms with Gasteiger partial charge in [0.25, 0.3) is 0 Å². The minimum atomic E-state index is -4.59. The predicted molar refractivity (Wildman–Crippen MR) is 102 cm³/mol. The average Bonchev–Trinajstić information content (AvgIpc) is 2.67. The Morgan fingerprint density at radius 2 is 1.55 bits per heavy atom. The van der Waals surface area contributed by atoms with Gasteiger partial charge >= 0.3 is 12.1 Å². The number of nitrogens with one attached hydrogen (secondary N) is 2. The molecule has 0 aliphatic rings. The second-order valence-corrected chi connectivity index (χ2v) is 6.89. The smallest absolute Gasteiger partial charge is 0.416 e. The van der Waals surface area contributed by atoms with Gasteiger partial charge in [-0.1, -0.05) is 30.3 Å². The van der Waals surface area contributed by atoms with E-state index in [1.807, 2.05) is 0 Å². The number of halogens is 4. The lowest BCUT2D eigenvalue weighted by Crippen LogP contribution is -2.52. The van der Waals surface area contributed by atoms with Crippen molar-refractivity contribution in [1.29, 1.82) is 0 Å². The number of carbonyl (C=O) groups excluding carboxylic acids is 2. The molecule has 0 bridgehead atoms. The molecule has 2 amide bonds. The summed E-state index contributed by atoms with van der Waals surface area (Å²) >= 11 is 0. The van der Waals surface area contributed by atoms with Crippen LogP contribution in [0.15, 0.2) is 48.5 Å². The summed E-state index contributed by atoms with van der Waals surface area (Å²) in [6.45, 7) is 1.17. The van der Waals surface area contributed by atoms with Crippen LogP contribution in [0.2, 0.25) is 0 Å². The summed E-state index contributed by atoms with van der Waals surface area (Å²) in [5.74, 6) is -3.32. The summed E-state index contributed by atoms with van der Waals surface area (Å²) in [5.41, 5.74) is -0.356. The third kappa shape index (κ3) is 7.40. The zero-order chi connectivity index (χ0) is 23.2. The summed E-state index contributed by atoms with van der Waals surface area (Å²) in [7, 11) is 0. The van der Waals surface area contributed by atoms with Crippen LogP contribution in [0.1, 0.15) is 23.6 Å². The molecule has 2 aromatic carbocycles. The summed E-state index contributed by atoms with van der Waals surface area (Å²) in [6.07, 6.45) is -5.03. The molecule has 0 aliphatic heterocycles. The Balaban J connectivity index is 2.17. The first-order valence-electron chi connectivity index (χ1n) is 9.16. The lowest BCUT2D eigenvalue weighted by molar-refractivity contribution is -0.142. The first kappa shape index (κ1) is 23.8. The second kappa shape index (κ2) is 10.1. The Hall–Kier alpha value is -3.43. The molecule has 2 aromatic rings. The topological polar surface area (TPSA) is 95.5 Å². The highest BCUT2D eigenvalue weighted by atomic mass is 19.4. The van der Waals surface area contributed by atoms with Crippen LogP contribution in [0.5, 0.6) is 0 Å². The van der Waals surface area contributed by atoms with E-state index >= 15 is 0 Å². The Morgan fingerprint density at radius 1 is 0.935 bits per heavy atom. The van der Waals surface area contributed by atoms with E-state index in [-0.39, 0.29) is 12.0 Å². The molecule has 0 saturated carbocycles. The van der Waals surface area contributed by atoms with Gasteiger partial charge in [-0.05, 0) is 29.3 Å². The van der Waals surface area contributed by atoms with Gasteiger partial charge in [-0.3, -0.25) is 9.59 Å². The molecule has 0 aliphatic carbocycles. The largest absolute Gasteiger partial charge is 0.480 e. The normalized spacial score (nSPS) is 13.2. The monoisotopic (exact) mass is 440 g/mol. The molecule has 0 fully saturated rings. The maximum absolute atomic E-state index is 13.1. The van der Waals surface area contributed by atoms with E-state index in [1.165, 1.54) is 37.3 Å². The standard InChI is InChI=1S/C21H20F4N2O4/c1-12(28)26-17(10-13-5-7-16(22)8-6-13)19(29)27-18(20(30)31)11-14-3-2-4-15(9-14)21(23,24)25/h2-9,17-18H,10-11H2,1H3,(H,26,28)(H,27,29)(H,30,31)/t17-,18+/m1/s1. The van der Waals surface area contributed by atoms with Crippen molar-refractivity contribution >= 4 is 17.8 Å². The number of alkyl halides is 3. The van der Waals surface area contributed by atoms with Crippen LogP contribution in [-0.2, 0) is 33.4 Å². The zero-order valence-electron chi connectivity index (χ0n) is 16.4. The Labute approximate surface area is 175 Å². The quantitative estimate of drug-likeness (QED) is 0.550. The molecule has 166 valence electrons. The van der Waals surface area contributed by atoms with E-state index in [4.69, 9.17) is 0 Å². The lowest BCUT2D eigenvalue weighted by atomic mass is 10.0. The number of amides is 2. The van der Waals surface area contributed by atoms with Gasteiger partial charge < -0.3 is 15.7 Å². The Bertz CT molecular complexity index is 945. The maximum Gasteiger partial charge on any atom is 0.416 e. The third-order valence-corrected chi connectivity index (χ3v) is 4.36. The lowest BCUT2D eigenvalue weighted by Gasteiger charge is -2.21. The number of carboxylic acids is 1. The van der Waals surface area contributed by atoms with Crippen LogP contribution in [-0.4, -0.2) is 35.0 Å². The molecule has 0 unspecified atom stereocenters. The van der Waals surface area contributed by atoms with Crippen molar-refractivity contribution in [3.63, 3.8) is 0 Å². The van der Waals surface area contributed by atoms with Crippen molar-refractivity contribution in [2.75, 3.05) is 0 Å². The predicted octanol–water partition coefficient (Wildman–Crippen LogP) is 2.70. The highest BCUT2D eigenvalue weighted by Gasteiger charge is 2.31. The second-order valence-electron chi connectivity index (χ2n) is 6.89. The van der Waals surface area contributed by atoms with Gasteiger partial charge in [0.1, 0.15) is 17.9 Å². The third-order valence-electron chi connectivity index (χ3n) is 4.36. The Kier molecular flexibility index (Phi) is 7.73. The van der Waals surface area contributed by atoms with E-state index in [0.717, 1.165) is 18.2 Å². The minimum Gasteiger partial charge on any atom is -0.480 e. The first-order chi connectivity index (χ1) is 14.5. The summed E-state index contributed by atoms with van der Waals surface area (Å²) in [4.78, 5) is 35.7. The van der Waals surface area contributed by atoms with Crippen LogP contribution >= 0.6 is 0 Å². The van der Waals surface area contributed by atoms with Gasteiger partial charge in [0, 0.05) is 19.8 Å². The molecule has 0 saturated heterocycles. The molecule has 0 aromatic heterocycles. The van der Waals surface area contributed by atoms with Crippen molar-refractivity contribution in [2.24, 2.45) is 0 Å². The van der Waals surface area contributed by atoms with Crippen LogP contribution in [0.3, 0.4) is 0 Å². The number of benzene rings is 2. The number of aliphatic carboxylic acids is 1. The van der Waals surface area contributed by atoms with E-state index in [9.17, 15) is 37.1 Å². The van der Waals surface area contributed by atoms with Crippen LogP contribution in [0.4, 0.5) is 17.6 Å². The Morgan fingerprint density at radius 3 is 2.10 bits per heavy atom. The van der Waals surface area contributed by atoms with Gasteiger partial charge in [0.05, 0.1) is 5.56 Å². The average molecular weight is 440 g/mol. The molecule has 31 heavy (non-hydrogen) atoms. The molecule has 0 radical (unpaired) electrons. The SMILES string of the molecule is CC(=O)N[C@H](Cc1ccc(F)cc1)C(=O)N[C@@H](Cc1cccc(C(F)(F)F)c1)C(=O)O. The molecule has 0 spiro atoms. The van der Waals surface area contributed by atoms with Crippen molar-refractivity contribution < 1.29 is 37.1 Å². The molecule has 10 heteroatoms. The molecular formula is C21H20F4N2O4. The molecular weight excluding hydrogens is 420 g/mol. The fraction of sp³-hybridized carbons (Fsp3) is 0.286. The fourth-order valence-electron chi connectivity index (χ4n) is 2.89. The van der Waals surface area contributed by atoms with Crippen LogP contribution < -0.4 is 10.6 Å². The van der Waals surface area contributed by atoms with E-state index < -0.39 is 53.8 Å². The fourth-order valence-corrected chi connectivity index (χ4v) is 2.89. The summed E-state index contributed by atoms with van der Waals surface area (Å²) in [5, 5.41) is 14.1. The van der Waals surface area contributed by atoms with Crippen molar-refractivity contribution in [3.05, 3.63) is 71.0 Å². The van der Waals surface area contributed by atoms with Crippen molar-refractivity contribution in [3.8, 4) is 0 Å². The van der Waals surface area contributed by atoms with E-state index in [2.05, 4.69) is 10.6 Å². The van der Waals surface area contributed by atoms with E-state index in [1.54, 1.807) is 0 Å². The molecule has 3 N–H and O–H groups in total. The first-order valence-corrected chi connectivity index (χ1v) is 9.16. The molecule has 0 heterocycles. The number of carbonyl (C=O) groups is 3. The van der Waals surface area contributed by atoms with Gasteiger partial charge in [0.15, 0.2) is 0 Å². The summed E-state index contributed by atoms with van der Waals surface area (Å²) < 4.78 is 51.7. The number of hydrogen-bond acceptors (Lipinski definition) is 3. The van der Waals surface area contributed by atoms with E-state index in [0.29, 0.717) is 5.56 Å². The van der Waals surface area contributed by atoms with Crippen molar-refractivity contribution in [1.82, 2.24) is 10.6 Å².